The molecule has 5 nitrogen and oxygen atoms in total. The maximum Gasteiger partial charge on any atom is 0.303 e. The van der Waals surface area contributed by atoms with E-state index in [1.807, 2.05) is 24.3 Å². The number of rotatable bonds is 1. The van der Waals surface area contributed by atoms with E-state index in [-0.39, 0.29) is 12.1 Å². The SMILES string of the molecule is CC(=O)OC1CCc2cccnc21.[O-][n+]1cccc2c1CCC2. The summed E-state index contributed by atoms with van der Waals surface area (Å²) in [6.45, 7) is 1.43. The summed E-state index contributed by atoms with van der Waals surface area (Å²) in [4.78, 5) is 15.0. The minimum Gasteiger partial charge on any atom is -0.618 e. The van der Waals surface area contributed by atoms with E-state index in [1.165, 1.54) is 18.1 Å². The van der Waals surface area contributed by atoms with Crippen LogP contribution in [0.3, 0.4) is 0 Å². The van der Waals surface area contributed by atoms with E-state index in [1.54, 1.807) is 12.4 Å². The molecular weight excluding hydrogens is 292 g/mol. The van der Waals surface area contributed by atoms with Crippen LogP contribution < -0.4 is 4.73 Å². The minimum absolute atomic E-state index is 0.117. The number of esters is 1. The lowest BCUT2D eigenvalue weighted by Gasteiger charge is -2.09. The molecule has 5 heteroatoms. The molecule has 2 aliphatic rings. The Morgan fingerprint density at radius 1 is 1.26 bits per heavy atom. The molecule has 4 rings (SSSR count). The highest BCUT2D eigenvalue weighted by atomic mass is 16.5. The van der Waals surface area contributed by atoms with Gasteiger partial charge in [0.15, 0.2) is 11.9 Å². The van der Waals surface area contributed by atoms with Crippen LogP contribution in [0.4, 0.5) is 0 Å². The number of hydrogen-bond acceptors (Lipinski definition) is 4. The van der Waals surface area contributed by atoms with Crippen molar-refractivity contribution in [2.45, 2.75) is 45.1 Å². The lowest BCUT2D eigenvalue weighted by Crippen LogP contribution is -2.30. The fourth-order valence-electron chi connectivity index (χ4n) is 3.20. The van der Waals surface area contributed by atoms with E-state index in [2.05, 4.69) is 4.98 Å². The lowest BCUT2D eigenvalue weighted by molar-refractivity contribution is -0.613. The first-order valence-corrected chi connectivity index (χ1v) is 7.96. The Balaban J connectivity index is 0.000000140. The van der Waals surface area contributed by atoms with Gasteiger partial charge in [0.25, 0.3) is 0 Å². The quantitative estimate of drug-likeness (QED) is 0.461. The summed E-state index contributed by atoms with van der Waals surface area (Å²) in [6, 6.07) is 7.80. The number of fused-ring (bicyclic) bond motifs is 2. The van der Waals surface area contributed by atoms with Gasteiger partial charge in [-0.15, -0.1) is 0 Å². The van der Waals surface area contributed by atoms with E-state index in [4.69, 9.17) is 4.74 Å². The highest BCUT2D eigenvalue weighted by molar-refractivity contribution is 5.66. The Labute approximate surface area is 135 Å². The first-order chi connectivity index (χ1) is 11.1. The molecule has 0 bridgehead atoms. The van der Waals surface area contributed by atoms with E-state index < -0.39 is 0 Å². The number of hydrogen-bond donors (Lipinski definition) is 0. The third kappa shape index (κ3) is 3.50. The summed E-state index contributed by atoms with van der Waals surface area (Å²) < 4.78 is 6.12. The molecule has 0 spiro atoms. The monoisotopic (exact) mass is 312 g/mol. The second-order valence-electron chi connectivity index (χ2n) is 5.84. The smallest absolute Gasteiger partial charge is 0.303 e. The molecule has 0 aromatic carbocycles. The number of carbonyl (C=O) groups excluding carboxylic acids is 1. The molecule has 23 heavy (non-hydrogen) atoms. The van der Waals surface area contributed by atoms with Crippen LogP contribution in [0, 0.1) is 5.21 Å². The number of carbonyl (C=O) groups is 1. The van der Waals surface area contributed by atoms with Crippen LogP contribution in [0.25, 0.3) is 0 Å². The van der Waals surface area contributed by atoms with Crippen molar-refractivity contribution in [1.29, 1.82) is 0 Å². The summed E-state index contributed by atoms with van der Waals surface area (Å²) in [5.41, 5.74) is 4.34. The molecule has 0 N–H and O–H groups in total. The summed E-state index contributed by atoms with van der Waals surface area (Å²) in [7, 11) is 0. The van der Waals surface area contributed by atoms with Gasteiger partial charge < -0.3 is 9.94 Å². The van der Waals surface area contributed by atoms with Gasteiger partial charge in [0.2, 0.25) is 0 Å². The van der Waals surface area contributed by atoms with Gasteiger partial charge in [0.1, 0.15) is 6.10 Å². The molecule has 2 heterocycles. The second kappa shape index (κ2) is 6.77. The average Bonchev–Trinajstić information content (AvgIpc) is 3.16. The topological polar surface area (TPSA) is 66.1 Å². The zero-order chi connectivity index (χ0) is 16.2. The van der Waals surface area contributed by atoms with E-state index in [9.17, 15) is 10.0 Å². The van der Waals surface area contributed by atoms with E-state index >= 15 is 0 Å². The Hall–Kier alpha value is -2.43. The van der Waals surface area contributed by atoms with Gasteiger partial charge in [-0.25, -0.2) is 0 Å². The molecule has 0 saturated carbocycles. The normalized spacial score (nSPS) is 17.7. The molecule has 0 radical (unpaired) electrons. The van der Waals surface area contributed by atoms with Gasteiger partial charge in [-0.05, 0) is 43.4 Å². The second-order valence-corrected chi connectivity index (χ2v) is 5.84. The predicted octanol–water partition coefficient (Wildman–Crippen LogP) is 2.44. The first kappa shape index (κ1) is 15.5. The molecule has 2 aromatic heterocycles. The van der Waals surface area contributed by atoms with Crippen LogP contribution in [-0.2, 0) is 28.8 Å². The molecule has 1 unspecified atom stereocenters. The standard InChI is InChI=1S/C10H11NO2.C8H9NO/c1-7(12)13-9-5-4-8-3-2-6-11-10(8)9;10-9-6-2-4-7-3-1-5-8(7)9/h2-3,6,9H,4-5H2,1H3;2,4,6H,1,3,5H2. The number of ether oxygens (including phenoxy) is 1. The average molecular weight is 312 g/mol. The molecular formula is C18H20N2O3. The van der Waals surface area contributed by atoms with Crippen molar-refractivity contribution >= 4 is 5.97 Å². The van der Waals surface area contributed by atoms with Crippen molar-refractivity contribution in [2.75, 3.05) is 0 Å². The van der Waals surface area contributed by atoms with Crippen molar-refractivity contribution in [3.05, 3.63) is 64.4 Å². The number of pyridine rings is 2. The Morgan fingerprint density at radius 2 is 2.09 bits per heavy atom. The molecule has 0 amide bonds. The van der Waals surface area contributed by atoms with Crippen LogP contribution in [-0.4, -0.2) is 11.0 Å². The Bertz CT molecular complexity index is 715. The van der Waals surface area contributed by atoms with Crippen molar-refractivity contribution in [3.8, 4) is 0 Å². The number of aryl methyl sites for hydroxylation is 2. The molecule has 120 valence electrons. The van der Waals surface area contributed by atoms with Crippen molar-refractivity contribution in [2.24, 2.45) is 0 Å². The van der Waals surface area contributed by atoms with Gasteiger partial charge in [0.05, 0.1) is 5.69 Å². The molecule has 2 aromatic rings. The molecule has 0 aliphatic heterocycles. The summed E-state index contributed by atoms with van der Waals surface area (Å²) >= 11 is 0. The largest absolute Gasteiger partial charge is 0.618 e. The zero-order valence-corrected chi connectivity index (χ0v) is 13.2. The molecule has 0 fully saturated rings. The fraction of sp³-hybridized carbons (Fsp3) is 0.389. The predicted molar refractivity (Wildman–Crippen MR) is 84.5 cm³/mol. The number of aromatic nitrogens is 2. The highest BCUT2D eigenvalue weighted by Crippen LogP contribution is 2.31. The highest BCUT2D eigenvalue weighted by Gasteiger charge is 2.25. The van der Waals surface area contributed by atoms with Crippen molar-refractivity contribution in [3.63, 3.8) is 0 Å². The van der Waals surface area contributed by atoms with Gasteiger partial charge in [0, 0.05) is 31.2 Å². The maximum absolute atomic E-state index is 11.0. The third-order valence-electron chi connectivity index (χ3n) is 4.23. The van der Waals surface area contributed by atoms with Crippen LogP contribution in [0.15, 0.2) is 36.7 Å². The Morgan fingerprint density at radius 3 is 2.87 bits per heavy atom. The third-order valence-corrected chi connectivity index (χ3v) is 4.23. The number of nitrogens with zero attached hydrogens (tertiary/aromatic N) is 2. The van der Waals surface area contributed by atoms with Crippen LogP contribution in [0.1, 0.15) is 48.4 Å². The molecule has 2 aliphatic carbocycles. The van der Waals surface area contributed by atoms with Gasteiger partial charge >= 0.3 is 5.97 Å². The zero-order valence-electron chi connectivity index (χ0n) is 13.2. The molecule has 1 atom stereocenters. The van der Waals surface area contributed by atoms with Gasteiger partial charge in [-0.2, -0.15) is 4.73 Å². The summed E-state index contributed by atoms with van der Waals surface area (Å²) in [6.07, 6.45) is 8.20. The summed E-state index contributed by atoms with van der Waals surface area (Å²) in [5.74, 6) is -0.233. The Kier molecular flexibility index (Phi) is 4.55. The van der Waals surface area contributed by atoms with E-state index in [0.29, 0.717) is 0 Å². The van der Waals surface area contributed by atoms with Crippen LogP contribution >= 0.6 is 0 Å². The lowest BCUT2D eigenvalue weighted by atomic mass is 10.2. The van der Waals surface area contributed by atoms with Crippen molar-refractivity contribution in [1.82, 2.24) is 4.98 Å². The van der Waals surface area contributed by atoms with E-state index in [0.717, 1.165) is 48.2 Å². The van der Waals surface area contributed by atoms with Crippen LogP contribution in [0.5, 0.6) is 0 Å². The van der Waals surface area contributed by atoms with Gasteiger partial charge in [-0.1, -0.05) is 6.07 Å². The fourth-order valence-corrected chi connectivity index (χ4v) is 3.20. The minimum atomic E-state index is -0.233. The van der Waals surface area contributed by atoms with Crippen LogP contribution in [0.2, 0.25) is 0 Å². The maximum atomic E-state index is 11.0. The van der Waals surface area contributed by atoms with Crippen molar-refractivity contribution < 1.29 is 14.3 Å². The molecule has 0 saturated heterocycles. The van der Waals surface area contributed by atoms with Gasteiger partial charge in [-0.3, -0.25) is 9.78 Å². The first-order valence-electron chi connectivity index (χ1n) is 7.96. The summed E-state index contributed by atoms with van der Waals surface area (Å²) in [5, 5.41) is 11.0.